The summed E-state index contributed by atoms with van der Waals surface area (Å²) in [7, 11) is 1.69. The smallest absolute Gasteiger partial charge is 0.337 e. The number of rotatable bonds is 2. The quantitative estimate of drug-likeness (QED) is 0.262. The van der Waals surface area contributed by atoms with Crippen molar-refractivity contribution < 1.29 is 9.90 Å². The fraction of sp³-hybridized carbons (Fsp3) is 0.0526. The average Bonchev–Trinajstić information content (AvgIpc) is 2.64. The molecule has 1 aromatic heterocycles. The van der Waals surface area contributed by atoms with Gasteiger partial charge in [-0.15, -0.1) is 0 Å². The topological polar surface area (TPSA) is 90.1 Å². The summed E-state index contributed by atoms with van der Waals surface area (Å²) in [6, 6.07) is 14.3. The molecule has 4 rings (SSSR count). The van der Waals surface area contributed by atoms with Crippen LogP contribution in [0.15, 0.2) is 48.5 Å². The van der Waals surface area contributed by atoms with E-state index in [-0.39, 0.29) is 5.56 Å². The predicted octanol–water partition coefficient (Wildman–Crippen LogP) is 3.55. The molecule has 6 nitrogen and oxygen atoms in total. The summed E-state index contributed by atoms with van der Waals surface area (Å²) < 4.78 is 0. The van der Waals surface area contributed by atoms with E-state index in [1.807, 2.05) is 30.3 Å². The van der Waals surface area contributed by atoms with Crippen molar-refractivity contribution in [1.82, 2.24) is 9.97 Å². The number of aromatic carboxylic acids is 1. The fourth-order valence-corrected chi connectivity index (χ4v) is 3.02. The van der Waals surface area contributed by atoms with Gasteiger partial charge in [-0.25, -0.2) is 14.8 Å². The van der Waals surface area contributed by atoms with Gasteiger partial charge in [0.1, 0.15) is 5.52 Å². The molecule has 0 bridgehead atoms. The van der Waals surface area contributed by atoms with E-state index in [4.69, 9.17) is 0 Å². The van der Waals surface area contributed by atoms with E-state index in [2.05, 4.69) is 16.2 Å². The first-order chi connectivity index (χ1) is 12.1. The lowest BCUT2D eigenvalue weighted by atomic mass is 10.1. The van der Waals surface area contributed by atoms with E-state index >= 15 is 0 Å². The summed E-state index contributed by atoms with van der Waals surface area (Å²) in [5, 5.41) is 20.3. The molecule has 0 saturated heterocycles. The molecule has 0 fully saturated rings. The second-order valence-corrected chi connectivity index (χ2v) is 5.67. The zero-order chi connectivity index (χ0) is 17.6. The molecule has 0 unspecified atom stereocenters. The maximum absolute atomic E-state index is 11.5. The largest absolute Gasteiger partial charge is 0.478 e. The number of carboxylic acid groups (broad SMARTS) is 1. The van der Waals surface area contributed by atoms with Gasteiger partial charge >= 0.3 is 5.97 Å². The second-order valence-electron chi connectivity index (χ2n) is 5.67. The Morgan fingerprint density at radius 2 is 1.76 bits per heavy atom. The Kier molecular flexibility index (Phi) is 3.22. The summed E-state index contributed by atoms with van der Waals surface area (Å²) >= 11 is 0. The monoisotopic (exact) mass is 328 g/mol. The number of carbonyl (C=O) groups is 1. The van der Waals surface area contributed by atoms with Gasteiger partial charge in [0.25, 0.3) is 0 Å². The third-order valence-corrected chi connectivity index (χ3v) is 4.21. The Bertz CT molecular complexity index is 1210. The maximum atomic E-state index is 11.5. The fourth-order valence-electron chi connectivity index (χ4n) is 3.02. The van der Waals surface area contributed by atoms with Crippen molar-refractivity contribution in [3.05, 3.63) is 54.1 Å². The molecule has 6 heteroatoms. The highest BCUT2D eigenvalue weighted by Gasteiger charge is 2.14. The molecule has 0 aliphatic carbocycles. The third-order valence-electron chi connectivity index (χ3n) is 4.21. The molecule has 0 aliphatic rings. The van der Waals surface area contributed by atoms with Crippen molar-refractivity contribution in [2.75, 3.05) is 11.9 Å². The van der Waals surface area contributed by atoms with Gasteiger partial charge in [0.2, 0.25) is 0 Å². The molecule has 3 aromatic carbocycles. The minimum absolute atomic E-state index is 0.120. The first-order valence-electron chi connectivity index (χ1n) is 7.59. The van der Waals surface area contributed by atoms with Gasteiger partial charge < -0.3 is 5.11 Å². The van der Waals surface area contributed by atoms with Crippen LogP contribution in [0.2, 0.25) is 0 Å². The lowest BCUT2D eigenvalue weighted by Gasteiger charge is -2.13. The van der Waals surface area contributed by atoms with Gasteiger partial charge in [-0.1, -0.05) is 18.2 Å². The van der Waals surface area contributed by atoms with Crippen LogP contribution in [0.1, 0.15) is 10.4 Å². The molecule has 0 atom stereocenters. The van der Waals surface area contributed by atoms with E-state index in [9.17, 15) is 15.2 Å². The van der Waals surface area contributed by atoms with Crippen molar-refractivity contribution in [2.24, 2.45) is 0 Å². The number of nitrogens with zero attached hydrogens (tertiary/aromatic N) is 4. The predicted molar refractivity (Wildman–Crippen MR) is 95.5 cm³/mol. The van der Waals surface area contributed by atoms with Crippen LogP contribution < -0.4 is 4.90 Å². The summed E-state index contributed by atoms with van der Waals surface area (Å²) in [5.74, 6) is -1.04. The Morgan fingerprint density at radius 1 is 1.00 bits per heavy atom. The molecule has 0 aliphatic heterocycles. The van der Waals surface area contributed by atoms with E-state index in [0.717, 1.165) is 16.5 Å². The van der Waals surface area contributed by atoms with Crippen molar-refractivity contribution in [1.29, 1.82) is 5.26 Å². The van der Waals surface area contributed by atoms with Crippen molar-refractivity contribution in [3.8, 4) is 6.19 Å². The van der Waals surface area contributed by atoms with Crippen LogP contribution in [0.5, 0.6) is 0 Å². The number of anilines is 1. The highest BCUT2D eigenvalue weighted by atomic mass is 16.4. The SMILES string of the molecule is CN(C#N)c1cccc2c1ccc1nc3cccc(C(=O)O)c3nc12. The van der Waals surface area contributed by atoms with E-state index in [1.165, 1.54) is 11.0 Å². The highest BCUT2D eigenvalue weighted by Crippen LogP contribution is 2.31. The number of aromatic nitrogens is 2. The zero-order valence-electron chi connectivity index (χ0n) is 13.3. The first kappa shape index (κ1) is 14.8. The standard InChI is InChI=1S/C19H12N4O2/c1-23(10-20)16-7-3-4-12-11(16)8-9-15-17(12)22-18-13(19(24)25)5-2-6-14(18)21-15/h2-9H,1H3,(H,24,25). The molecule has 25 heavy (non-hydrogen) atoms. The number of hydrogen-bond donors (Lipinski definition) is 1. The molecule has 0 saturated carbocycles. The van der Waals surface area contributed by atoms with E-state index < -0.39 is 5.97 Å². The number of nitriles is 1. The Morgan fingerprint density at radius 3 is 2.52 bits per heavy atom. The summed E-state index contributed by atoms with van der Waals surface area (Å²) in [6.07, 6.45) is 2.09. The Balaban J connectivity index is 2.15. The molecule has 120 valence electrons. The van der Waals surface area contributed by atoms with Crippen molar-refractivity contribution in [2.45, 2.75) is 0 Å². The van der Waals surface area contributed by atoms with Gasteiger partial charge in [0, 0.05) is 17.8 Å². The number of hydrogen-bond acceptors (Lipinski definition) is 5. The lowest BCUT2D eigenvalue weighted by molar-refractivity contribution is 0.0699. The minimum Gasteiger partial charge on any atom is -0.478 e. The molecular formula is C19H12N4O2. The van der Waals surface area contributed by atoms with Crippen LogP contribution in [-0.4, -0.2) is 28.1 Å². The van der Waals surface area contributed by atoms with Gasteiger partial charge in [0.15, 0.2) is 6.19 Å². The van der Waals surface area contributed by atoms with Gasteiger partial charge in [-0.05, 0) is 30.3 Å². The summed E-state index contributed by atoms with van der Waals surface area (Å²) in [6.45, 7) is 0. The molecule has 1 N–H and O–H groups in total. The molecule has 0 radical (unpaired) electrons. The van der Waals surface area contributed by atoms with Crippen LogP contribution in [0, 0.1) is 11.5 Å². The van der Waals surface area contributed by atoms with Crippen LogP contribution in [0.25, 0.3) is 32.8 Å². The molecular weight excluding hydrogens is 316 g/mol. The van der Waals surface area contributed by atoms with E-state index in [0.29, 0.717) is 22.1 Å². The number of carboxylic acids is 1. The zero-order valence-corrected chi connectivity index (χ0v) is 13.3. The molecule has 0 amide bonds. The molecule has 1 heterocycles. The average molecular weight is 328 g/mol. The number of benzene rings is 3. The Hall–Kier alpha value is -3.72. The summed E-state index contributed by atoms with van der Waals surface area (Å²) in [4.78, 5) is 22.1. The Labute approximate surface area is 142 Å². The van der Waals surface area contributed by atoms with Gasteiger partial charge in [-0.2, -0.15) is 5.26 Å². The van der Waals surface area contributed by atoms with Crippen LogP contribution >= 0.6 is 0 Å². The lowest BCUT2D eigenvalue weighted by Crippen LogP contribution is -2.08. The normalized spacial score (nSPS) is 10.9. The van der Waals surface area contributed by atoms with E-state index in [1.54, 1.807) is 19.2 Å². The highest BCUT2D eigenvalue weighted by molar-refractivity contribution is 6.11. The second kappa shape index (κ2) is 5.42. The number of para-hydroxylation sites is 1. The summed E-state index contributed by atoms with van der Waals surface area (Å²) in [5.41, 5.74) is 3.07. The van der Waals surface area contributed by atoms with Gasteiger partial charge in [-0.3, -0.25) is 4.90 Å². The molecule has 0 spiro atoms. The third kappa shape index (κ3) is 2.22. The van der Waals surface area contributed by atoms with Gasteiger partial charge in [0.05, 0.1) is 27.8 Å². The van der Waals surface area contributed by atoms with Crippen LogP contribution in [0.3, 0.4) is 0 Å². The first-order valence-corrected chi connectivity index (χ1v) is 7.59. The van der Waals surface area contributed by atoms with Crippen molar-refractivity contribution >= 4 is 44.5 Å². The minimum atomic E-state index is -1.04. The van der Waals surface area contributed by atoms with Crippen LogP contribution in [0.4, 0.5) is 5.69 Å². The van der Waals surface area contributed by atoms with Crippen LogP contribution in [-0.2, 0) is 0 Å². The maximum Gasteiger partial charge on any atom is 0.337 e. The number of fused-ring (bicyclic) bond motifs is 4. The van der Waals surface area contributed by atoms with Crippen molar-refractivity contribution in [3.63, 3.8) is 0 Å². The molecule has 4 aromatic rings.